The monoisotopic (exact) mass is 413 g/mol. The number of nitrogens with one attached hydrogen (secondary N) is 1. The number of nitrogens with zero attached hydrogens (tertiary/aromatic N) is 2. The summed E-state index contributed by atoms with van der Waals surface area (Å²) in [5, 5.41) is 2.88. The van der Waals surface area contributed by atoms with Gasteiger partial charge < -0.3 is 15.0 Å². The van der Waals surface area contributed by atoms with Gasteiger partial charge in [-0.3, -0.25) is 14.5 Å². The van der Waals surface area contributed by atoms with Crippen LogP contribution in [0.25, 0.3) is 0 Å². The molecule has 164 valence electrons. The van der Waals surface area contributed by atoms with E-state index in [0.29, 0.717) is 19.4 Å². The van der Waals surface area contributed by atoms with Gasteiger partial charge in [0.25, 0.3) is 0 Å². The number of aryl methyl sites for hydroxylation is 1. The number of rotatable bonds is 7. The van der Waals surface area contributed by atoms with Gasteiger partial charge in [0.15, 0.2) is 0 Å². The van der Waals surface area contributed by atoms with E-state index in [0.717, 1.165) is 61.9 Å². The summed E-state index contributed by atoms with van der Waals surface area (Å²) in [4.78, 5) is 28.6. The van der Waals surface area contributed by atoms with Gasteiger partial charge in [-0.05, 0) is 55.4 Å². The molecule has 2 heterocycles. The number of amides is 2. The predicted octanol–water partition coefficient (Wildman–Crippen LogP) is 3.45. The van der Waals surface area contributed by atoms with Crippen LogP contribution in [0, 0.1) is 5.92 Å². The van der Waals surface area contributed by atoms with E-state index in [1.54, 1.807) is 0 Å². The van der Waals surface area contributed by atoms with Gasteiger partial charge in [-0.2, -0.15) is 0 Å². The number of hydrogen-bond donors (Lipinski definition) is 1. The molecule has 1 saturated heterocycles. The van der Waals surface area contributed by atoms with Crippen molar-refractivity contribution in [2.24, 2.45) is 5.92 Å². The van der Waals surface area contributed by atoms with Crippen molar-refractivity contribution in [2.75, 3.05) is 44.6 Å². The zero-order valence-corrected chi connectivity index (χ0v) is 18.0. The van der Waals surface area contributed by atoms with Crippen LogP contribution in [0.4, 0.5) is 5.69 Å². The molecule has 1 aliphatic carbocycles. The average molecular weight is 414 g/mol. The average Bonchev–Trinajstić information content (AvgIpc) is 2.78. The molecular weight excluding hydrogens is 378 g/mol. The third-order valence-corrected chi connectivity index (χ3v) is 6.74. The first-order valence-corrected chi connectivity index (χ1v) is 11.7. The number of fused-ring (bicyclic) bond motifs is 1. The van der Waals surface area contributed by atoms with Crippen molar-refractivity contribution in [1.29, 1.82) is 0 Å². The molecule has 2 amide bonds. The van der Waals surface area contributed by atoms with Gasteiger partial charge in [-0.15, -0.1) is 0 Å². The van der Waals surface area contributed by atoms with Crippen LogP contribution in [-0.2, 0) is 16.0 Å². The van der Waals surface area contributed by atoms with E-state index in [1.165, 1.54) is 38.6 Å². The van der Waals surface area contributed by atoms with Crippen LogP contribution < -0.4 is 10.1 Å². The second-order valence-corrected chi connectivity index (χ2v) is 9.00. The Balaban J connectivity index is 1.12. The molecule has 0 aromatic heterocycles. The van der Waals surface area contributed by atoms with Crippen molar-refractivity contribution in [3.8, 4) is 5.75 Å². The van der Waals surface area contributed by atoms with Crippen molar-refractivity contribution in [2.45, 2.75) is 57.8 Å². The summed E-state index contributed by atoms with van der Waals surface area (Å²) in [5.74, 6) is 2.01. The summed E-state index contributed by atoms with van der Waals surface area (Å²) in [6, 6.07) is 5.79. The van der Waals surface area contributed by atoms with Crippen LogP contribution in [0.2, 0.25) is 0 Å². The summed E-state index contributed by atoms with van der Waals surface area (Å²) in [5.41, 5.74) is 2.01. The lowest BCUT2D eigenvalue weighted by Gasteiger charge is -2.37. The van der Waals surface area contributed by atoms with Crippen molar-refractivity contribution in [3.63, 3.8) is 0 Å². The molecular formula is C24H35N3O3. The van der Waals surface area contributed by atoms with Crippen LogP contribution >= 0.6 is 0 Å². The summed E-state index contributed by atoms with van der Waals surface area (Å²) >= 11 is 0. The Morgan fingerprint density at radius 3 is 2.67 bits per heavy atom. The molecule has 1 saturated carbocycles. The number of carbonyl (C=O) groups is 2. The first-order chi connectivity index (χ1) is 14.7. The normalized spacial score (nSPS) is 20.5. The number of piperazine rings is 1. The second-order valence-electron chi connectivity index (χ2n) is 9.00. The molecule has 2 fully saturated rings. The van der Waals surface area contributed by atoms with Gasteiger partial charge in [0.1, 0.15) is 5.75 Å². The van der Waals surface area contributed by atoms with E-state index in [2.05, 4.69) is 10.2 Å². The molecule has 30 heavy (non-hydrogen) atoms. The van der Waals surface area contributed by atoms with Crippen molar-refractivity contribution in [3.05, 3.63) is 23.8 Å². The standard InChI is InChI=1S/C24H35N3O3/c28-23-11-8-20-17-21(9-10-22(20)25-23)30-16-4-7-24(29)27-14-12-26(13-15-27)18-19-5-2-1-3-6-19/h9-10,17,19H,1-8,11-16,18H2,(H,25,28). The van der Waals surface area contributed by atoms with Crippen LogP contribution in [0.1, 0.15) is 56.9 Å². The van der Waals surface area contributed by atoms with Gasteiger partial charge >= 0.3 is 0 Å². The van der Waals surface area contributed by atoms with Crippen molar-refractivity contribution in [1.82, 2.24) is 9.80 Å². The maximum absolute atomic E-state index is 12.5. The van der Waals surface area contributed by atoms with Crippen LogP contribution in [0.5, 0.6) is 5.75 Å². The highest BCUT2D eigenvalue weighted by atomic mass is 16.5. The third kappa shape index (κ3) is 5.75. The first-order valence-electron chi connectivity index (χ1n) is 11.7. The molecule has 6 nitrogen and oxygen atoms in total. The Kier molecular flexibility index (Phi) is 7.26. The summed E-state index contributed by atoms with van der Waals surface area (Å²) in [6.07, 6.45) is 9.53. The minimum absolute atomic E-state index is 0.0736. The molecule has 0 unspecified atom stereocenters. The Labute approximate surface area is 179 Å². The Morgan fingerprint density at radius 2 is 1.87 bits per heavy atom. The van der Waals surface area contributed by atoms with E-state index in [9.17, 15) is 9.59 Å². The maximum atomic E-state index is 12.5. The summed E-state index contributed by atoms with van der Waals surface area (Å²) in [6.45, 7) is 5.53. The first kappa shape index (κ1) is 21.2. The number of carbonyl (C=O) groups excluding carboxylic acids is 2. The quantitative estimate of drug-likeness (QED) is 0.696. The fourth-order valence-corrected chi connectivity index (χ4v) is 4.94. The Hall–Kier alpha value is -2.08. The molecule has 0 radical (unpaired) electrons. The fraction of sp³-hybridized carbons (Fsp3) is 0.667. The lowest BCUT2D eigenvalue weighted by molar-refractivity contribution is -0.133. The van der Waals surface area contributed by atoms with Crippen LogP contribution in [-0.4, -0.2) is 60.9 Å². The molecule has 1 N–H and O–H groups in total. The Bertz CT molecular complexity index is 737. The topological polar surface area (TPSA) is 61.9 Å². The highest BCUT2D eigenvalue weighted by Gasteiger charge is 2.23. The van der Waals surface area contributed by atoms with E-state index < -0.39 is 0 Å². The zero-order chi connectivity index (χ0) is 20.8. The molecule has 0 atom stereocenters. The molecule has 1 aromatic carbocycles. The lowest BCUT2D eigenvalue weighted by Crippen LogP contribution is -2.49. The van der Waals surface area contributed by atoms with Crippen LogP contribution in [0.15, 0.2) is 18.2 Å². The highest BCUT2D eigenvalue weighted by Crippen LogP contribution is 2.27. The van der Waals surface area contributed by atoms with Crippen molar-refractivity contribution >= 4 is 17.5 Å². The number of hydrogen-bond acceptors (Lipinski definition) is 4. The SMILES string of the molecule is O=C1CCc2cc(OCCCC(=O)N3CCN(CC4CCCCC4)CC3)ccc2N1. The minimum Gasteiger partial charge on any atom is -0.494 e. The third-order valence-electron chi connectivity index (χ3n) is 6.74. The predicted molar refractivity (Wildman–Crippen MR) is 118 cm³/mol. The number of anilines is 1. The van der Waals surface area contributed by atoms with Gasteiger partial charge in [-0.25, -0.2) is 0 Å². The number of benzene rings is 1. The molecule has 0 bridgehead atoms. The second kappa shape index (κ2) is 10.3. The zero-order valence-electron chi connectivity index (χ0n) is 18.0. The molecule has 4 rings (SSSR count). The van der Waals surface area contributed by atoms with E-state index in [-0.39, 0.29) is 11.8 Å². The molecule has 1 aromatic rings. The van der Waals surface area contributed by atoms with E-state index >= 15 is 0 Å². The van der Waals surface area contributed by atoms with E-state index in [1.807, 2.05) is 23.1 Å². The summed E-state index contributed by atoms with van der Waals surface area (Å²) < 4.78 is 5.85. The molecule has 3 aliphatic rings. The largest absolute Gasteiger partial charge is 0.494 e. The van der Waals surface area contributed by atoms with E-state index in [4.69, 9.17) is 4.74 Å². The molecule has 6 heteroatoms. The number of ether oxygens (including phenoxy) is 1. The Morgan fingerprint density at radius 1 is 1.07 bits per heavy atom. The smallest absolute Gasteiger partial charge is 0.224 e. The molecule has 2 aliphatic heterocycles. The fourth-order valence-electron chi connectivity index (χ4n) is 4.94. The van der Waals surface area contributed by atoms with Gasteiger partial charge in [-0.1, -0.05) is 19.3 Å². The highest BCUT2D eigenvalue weighted by molar-refractivity contribution is 5.94. The maximum Gasteiger partial charge on any atom is 0.224 e. The van der Waals surface area contributed by atoms with Gasteiger partial charge in [0.2, 0.25) is 11.8 Å². The van der Waals surface area contributed by atoms with Crippen molar-refractivity contribution < 1.29 is 14.3 Å². The molecule has 0 spiro atoms. The summed E-state index contributed by atoms with van der Waals surface area (Å²) in [7, 11) is 0. The van der Waals surface area contributed by atoms with Gasteiger partial charge in [0, 0.05) is 51.3 Å². The lowest BCUT2D eigenvalue weighted by atomic mass is 9.89. The van der Waals surface area contributed by atoms with Gasteiger partial charge in [0.05, 0.1) is 6.61 Å². The minimum atomic E-state index is 0.0736. The van der Waals surface area contributed by atoms with Crippen LogP contribution in [0.3, 0.4) is 0 Å².